The van der Waals surface area contributed by atoms with Crippen molar-refractivity contribution in [3.63, 3.8) is 0 Å². The monoisotopic (exact) mass is 287 g/mol. The van der Waals surface area contributed by atoms with Gasteiger partial charge < -0.3 is 9.84 Å². The number of nitrogens with zero attached hydrogens (tertiary/aromatic N) is 3. The van der Waals surface area contributed by atoms with Crippen LogP contribution in [0.25, 0.3) is 0 Å². The van der Waals surface area contributed by atoms with E-state index in [0.29, 0.717) is 31.3 Å². The van der Waals surface area contributed by atoms with E-state index in [2.05, 4.69) is 10.1 Å². The van der Waals surface area contributed by atoms with Crippen molar-refractivity contribution in [2.45, 2.75) is 25.3 Å². The second-order valence-corrected chi connectivity index (χ2v) is 5.16. The Hall–Kier alpha value is -2.21. The number of rotatable bonds is 5. The second kappa shape index (κ2) is 6.05. The van der Waals surface area contributed by atoms with Crippen molar-refractivity contribution in [2.24, 2.45) is 0 Å². The fraction of sp³-hybridized carbons (Fsp3) is 0.400. The zero-order valence-corrected chi connectivity index (χ0v) is 11.6. The van der Waals surface area contributed by atoms with Gasteiger partial charge in [0, 0.05) is 18.9 Å². The summed E-state index contributed by atoms with van der Waals surface area (Å²) in [5, 5.41) is 13.4. The Balaban J connectivity index is 1.87. The van der Waals surface area contributed by atoms with Gasteiger partial charge in [-0.1, -0.05) is 30.3 Å². The number of ether oxygens (including phenoxy) is 1. The summed E-state index contributed by atoms with van der Waals surface area (Å²) in [5.74, 6) is 0.642. The van der Waals surface area contributed by atoms with E-state index in [0.717, 1.165) is 12.0 Å². The SMILES string of the molecule is O=C(O)Cn1nc(C2CCOC2)nc1Cc1ccccc1. The third-order valence-electron chi connectivity index (χ3n) is 3.55. The molecule has 110 valence electrons. The lowest BCUT2D eigenvalue weighted by atomic mass is 10.1. The van der Waals surface area contributed by atoms with Gasteiger partial charge in [-0.2, -0.15) is 5.10 Å². The molecule has 0 saturated carbocycles. The number of carboxylic acid groups (broad SMARTS) is 1. The molecule has 1 aromatic carbocycles. The van der Waals surface area contributed by atoms with Crippen molar-refractivity contribution < 1.29 is 14.6 Å². The minimum absolute atomic E-state index is 0.164. The van der Waals surface area contributed by atoms with E-state index < -0.39 is 5.97 Å². The molecule has 1 aliphatic rings. The molecule has 1 fully saturated rings. The minimum Gasteiger partial charge on any atom is -0.480 e. The maximum Gasteiger partial charge on any atom is 0.325 e. The molecule has 1 unspecified atom stereocenters. The largest absolute Gasteiger partial charge is 0.480 e. The Bertz CT molecular complexity index is 618. The van der Waals surface area contributed by atoms with Gasteiger partial charge >= 0.3 is 5.97 Å². The highest BCUT2D eigenvalue weighted by molar-refractivity contribution is 5.66. The zero-order chi connectivity index (χ0) is 14.7. The Morgan fingerprint density at radius 3 is 2.86 bits per heavy atom. The smallest absolute Gasteiger partial charge is 0.325 e. The van der Waals surface area contributed by atoms with Gasteiger partial charge in [-0.15, -0.1) is 0 Å². The number of carboxylic acids is 1. The summed E-state index contributed by atoms with van der Waals surface area (Å²) < 4.78 is 6.84. The Morgan fingerprint density at radius 2 is 2.19 bits per heavy atom. The summed E-state index contributed by atoms with van der Waals surface area (Å²) in [6.45, 7) is 1.16. The summed E-state index contributed by atoms with van der Waals surface area (Å²) in [4.78, 5) is 15.5. The van der Waals surface area contributed by atoms with Crippen LogP contribution in [-0.2, 0) is 22.5 Å². The summed E-state index contributed by atoms with van der Waals surface area (Å²) in [6, 6.07) is 9.86. The van der Waals surface area contributed by atoms with Gasteiger partial charge in [-0.05, 0) is 12.0 Å². The molecule has 1 N–H and O–H groups in total. The highest BCUT2D eigenvalue weighted by atomic mass is 16.5. The molecule has 3 rings (SSSR count). The van der Waals surface area contributed by atoms with Gasteiger partial charge in [-0.25, -0.2) is 9.67 Å². The van der Waals surface area contributed by atoms with E-state index >= 15 is 0 Å². The molecule has 1 aliphatic heterocycles. The third-order valence-corrected chi connectivity index (χ3v) is 3.55. The number of benzene rings is 1. The Labute approximate surface area is 122 Å². The fourth-order valence-corrected chi connectivity index (χ4v) is 2.47. The van der Waals surface area contributed by atoms with Crippen LogP contribution in [0.2, 0.25) is 0 Å². The standard InChI is InChI=1S/C15H17N3O3/c19-14(20)9-18-13(8-11-4-2-1-3-5-11)16-15(17-18)12-6-7-21-10-12/h1-5,12H,6-10H2,(H,19,20). The molecule has 2 aromatic rings. The van der Waals surface area contributed by atoms with E-state index in [1.54, 1.807) is 0 Å². The van der Waals surface area contributed by atoms with Crippen molar-refractivity contribution in [3.05, 3.63) is 47.5 Å². The predicted octanol–water partition coefficient (Wildman–Crippen LogP) is 1.46. The van der Waals surface area contributed by atoms with Gasteiger partial charge in [0.2, 0.25) is 0 Å². The van der Waals surface area contributed by atoms with E-state index in [1.807, 2.05) is 30.3 Å². The van der Waals surface area contributed by atoms with Crippen LogP contribution in [0.1, 0.15) is 29.6 Å². The van der Waals surface area contributed by atoms with E-state index in [-0.39, 0.29) is 12.5 Å². The fourth-order valence-electron chi connectivity index (χ4n) is 2.47. The lowest BCUT2D eigenvalue weighted by Gasteiger charge is -2.02. The number of hydrogen-bond acceptors (Lipinski definition) is 4. The molecular formula is C15H17N3O3. The zero-order valence-electron chi connectivity index (χ0n) is 11.6. The van der Waals surface area contributed by atoms with Gasteiger partial charge in [-0.3, -0.25) is 4.79 Å². The van der Waals surface area contributed by atoms with Gasteiger partial charge in [0.1, 0.15) is 12.4 Å². The molecular weight excluding hydrogens is 270 g/mol. The van der Waals surface area contributed by atoms with Gasteiger partial charge in [0.15, 0.2) is 5.82 Å². The molecule has 0 amide bonds. The van der Waals surface area contributed by atoms with Crippen LogP contribution in [0.15, 0.2) is 30.3 Å². The van der Waals surface area contributed by atoms with Crippen molar-refractivity contribution >= 4 is 5.97 Å². The topological polar surface area (TPSA) is 77.2 Å². The van der Waals surface area contributed by atoms with Crippen molar-refractivity contribution in [3.8, 4) is 0 Å². The maximum atomic E-state index is 11.0. The normalized spacial score (nSPS) is 18.0. The van der Waals surface area contributed by atoms with Crippen LogP contribution in [-0.4, -0.2) is 39.1 Å². The van der Waals surface area contributed by atoms with Crippen LogP contribution in [0.4, 0.5) is 0 Å². The molecule has 0 spiro atoms. The minimum atomic E-state index is -0.913. The number of hydrogen-bond donors (Lipinski definition) is 1. The number of carbonyl (C=O) groups is 1. The third kappa shape index (κ3) is 3.28. The first-order valence-corrected chi connectivity index (χ1v) is 6.99. The second-order valence-electron chi connectivity index (χ2n) is 5.16. The lowest BCUT2D eigenvalue weighted by Crippen LogP contribution is -2.14. The van der Waals surface area contributed by atoms with Crippen molar-refractivity contribution in [1.82, 2.24) is 14.8 Å². The van der Waals surface area contributed by atoms with Crippen molar-refractivity contribution in [2.75, 3.05) is 13.2 Å². The number of aromatic nitrogens is 3. The molecule has 21 heavy (non-hydrogen) atoms. The molecule has 1 aromatic heterocycles. The highest BCUT2D eigenvalue weighted by Gasteiger charge is 2.24. The van der Waals surface area contributed by atoms with E-state index in [9.17, 15) is 4.79 Å². The quantitative estimate of drug-likeness (QED) is 0.900. The molecule has 1 atom stereocenters. The molecule has 1 saturated heterocycles. The van der Waals surface area contributed by atoms with E-state index in [4.69, 9.17) is 9.84 Å². The summed E-state index contributed by atoms with van der Waals surface area (Å²) in [5.41, 5.74) is 1.09. The van der Waals surface area contributed by atoms with Gasteiger partial charge in [0.05, 0.1) is 6.61 Å². The van der Waals surface area contributed by atoms with Crippen LogP contribution in [0.3, 0.4) is 0 Å². The average molecular weight is 287 g/mol. The summed E-state index contributed by atoms with van der Waals surface area (Å²) in [7, 11) is 0. The first kappa shape index (κ1) is 13.8. The number of aliphatic carboxylic acids is 1. The molecule has 6 heteroatoms. The molecule has 2 heterocycles. The Kier molecular flexibility index (Phi) is 3.96. The lowest BCUT2D eigenvalue weighted by molar-refractivity contribution is -0.137. The van der Waals surface area contributed by atoms with Crippen molar-refractivity contribution in [1.29, 1.82) is 0 Å². The average Bonchev–Trinajstić information content (AvgIpc) is 3.10. The highest BCUT2D eigenvalue weighted by Crippen LogP contribution is 2.23. The van der Waals surface area contributed by atoms with Crippen LogP contribution >= 0.6 is 0 Å². The van der Waals surface area contributed by atoms with Crippen LogP contribution in [0.5, 0.6) is 0 Å². The molecule has 0 radical (unpaired) electrons. The predicted molar refractivity (Wildman–Crippen MR) is 75.1 cm³/mol. The summed E-state index contributed by atoms with van der Waals surface area (Å²) in [6.07, 6.45) is 1.47. The van der Waals surface area contributed by atoms with Crippen LogP contribution < -0.4 is 0 Å². The molecule has 6 nitrogen and oxygen atoms in total. The maximum absolute atomic E-state index is 11.0. The van der Waals surface area contributed by atoms with Gasteiger partial charge in [0.25, 0.3) is 0 Å². The first-order valence-electron chi connectivity index (χ1n) is 6.99. The van der Waals surface area contributed by atoms with E-state index in [1.165, 1.54) is 4.68 Å². The first-order chi connectivity index (χ1) is 10.2. The van der Waals surface area contributed by atoms with Crippen LogP contribution in [0, 0.1) is 0 Å². The summed E-state index contributed by atoms with van der Waals surface area (Å²) >= 11 is 0. The molecule has 0 aliphatic carbocycles. The molecule has 0 bridgehead atoms. The Morgan fingerprint density at radius 1 is 1.38 bits per heavy atom.